The second-order valence-corrected chi connectivity index (χ2v) is 11.0. The maximum absolute atomic E-state index is 13.6. The zero-order valence-electron chi connectivity index (χ0n) is 21.8. The number of hydrogen-bond acceptors (Lipinski definition) is 6. The van der Waals surface area contributed by atoms with Crippen LogP contribution in [-0.2, 0) is 4.79 Å². The van der Waals surface area contributed by atoms with Gasteiger partial charge in [-0.1, -0.05) is 43.3 Å². The van der Waals surface area contributed by atoms with E-state index in [0.717, 1.165) is 50.9 Å². The lowest BCUT2D eigenvalue weighted by Crippen LogP contribution is -2.53. The van der Waals surface area contributed by atoms with E-state index < -0.39 is 0 Å². The van der Waals surface area contributed by atoms with Gasteiger partial charge in [0.1, 0.15) is 0 Å². The van der Waals surface area contributed by atoms with Crippen molar-refractivity contribution >= 4 is 5.91 Å². The van der Waals surface area contributed by atoms with E-state index in [1.165, 1.54) is 5.56 Å². The summed E-state index contributed by atoms with van der Waals surface area (Å²) in [7, 11) is 0. The Bertz CT molecular complexity index is 998. The molecule has 2 aromatic rings. The van der Waals surface area contributed by atoms with Gasteiger partial charge in [-0.3, -0.25) is 10.2 Å². The summed E-state index contributed by atoms with van der Waals surface area (Å²) in [4.78, 5) is 20.6. The number of hydrazine groups is 1. The largest absolute Gasteiger partial charge is 0.475 e. The molecule has 1 aromatic heterocycles. The third kappa shape index (κ3) is 5.58. The van der Waals surface area contributed by atoms with Crippen LogP contribution in [0.2, 0.25) is 0 Å². The van der Waals surface area contributed by atoms with Crippen LogP contribution in [0.3, 0.4) is 0 Å². The minimum absolute atomic E-state index is 0.0420. The molecule has 3 heterocycles. The monoisotopic (exact) mass is 491 g/mol. The van der Waals surface area contributed by atoms with Crippen LogP contribution in [0.25, 0.3) is 0 Å². The SMILES string of the molecule is CCN1CC[C@@H](c2ccccc2)[C@H](NC(=O)C2CCC3NNC(c4ccc(OC(C)C)nc4)C3C2)C1. The molecule has 7 nitrogen and oxygen atoms in total. The number of pyridine rings is 1. The molecule has 0 bridgehead atoms. The highest BCUT2D eigenvalue weighted by atomic mass is 16.5. The standard InChI is InChI=1S/C29H41N5O2/c1-4-34-15-14-23(20-8-6-5-7-9-20)26(18-34)31-29(35)21-10-12-25-24(16-21)28(33-32-25)22-11-13-27(30-17-22)36-19(2)3/h5-9,11,13,17,19,21,23-26,28,32-33H,4,10,12,14-16,18H2,1-3H3,(H,31,35)/t21?,23-,24?,25?,26+,28?/m0/s1. The topological polar surface area (TPSA) is 78.5 Å². The Morgan fingerprint density at radius 2 is 1.94 bits per heavy atom. The molecular weight excluding hydrogens is 450 g/mol. The fraction of sp³-hybridized carbons (Fsp3) is 0.586. The van der Waals surface area contributed by atoms with Gasteiger partial charge in [-0.25, -0.2) is 10.4 Å². The molecule has 2 saturated heterocycles. The van der Waals surface area contributed by atoms with Gasteiger partial charge in [0.05, 0.1) is 12.1 Å². The number of fused-ring (bicyclic) bond motifs is 1. The first kappa shape index (κ1) is 25.2. The lowest BCUT2D eigenvalue weighted by atomic mass is 9.74. The first-order chi connectivity index (χ1) is 17.5. The van der Waals surface area contributed by atoms with E-state index in [9.17, 15) is 4.79 Å². The van der Waals surface area contributed by atoms with Crippen LogP contribution in [0, 0.1) is 11.8 Å². The first-order valence-electron chi connectivity index (χ1n) is 13.7. The van der Waals surface area contributed by atoms with Gasteiger partial charge in [-0.15, -0.1) is 0 Å². The predicted octanol–water partition coefficient (Wildman–Crippen LogP) is 3.80. The van der Waals surface area contributed by atoms with Gasteiger partial charge in [-0.2, -0.15) is 0 Å². The Balaban J connectivity index is 1.25. The Morgan fingerprint density at radius 1 is 1.11 bits per heavy atom. The molecule has 194 valence electrons. The van der Waals surface area contributed by atoms with Crippen molar-refractivity contribution in [2.45, 2.75) is 76.6 Å². The molecule has 3 N–H and O–H groups in total. The molecule has 1 aliphatic carbocycles. The highest BCUT2D eigenvalue weighted by molar-refractivity contribution is 5.79. The van der Waals surface area contributed by atoms with Crippen LogP contribution in [0.15, 0.2) is 48.7 Å². The summed E-state index contributed by atoms with van der Waals surface area (Å²) in [5, 5.41) is 3.51. The molecule has 7 heteroatoms. The number of carbonyl (C=O) groups excluding carboxylic acids is 1. The molecule has 1 amide bonds. The van der Waals surface area contributed by atoms with E-state index >= 15 is 0 Å². The predicted molar refractivity (Wildman–Crippen MR) is 141 cm³/mol. The van der Waals surface area contributed by atoms with Crippen LogP contribution >= 0.6 is 0 Å². The van der Waals surface area contributed by atoms with Gasteiger partial charge in [-0.05, 0) is 69.7 Å². The maximum atomic E-state index is 13.6. The van der Waals surface area contributed by atoms with Gasteiger partial charge >= 0.3 is 0 Å². The van der Waals surface area contributed by atoms with Crippen molar-refractivity contribution in [2.75, 3.05) is 19.6 Å². The summed E-state index contributed by atoms with van der Waals surface area (Å²) in [6, 6.07) is 15.4. The molecule has 1 aromatic carbocycles. The van der Waals surface area contributed by atoms with Crippen LogP contribution in [-0.4, -0.2) is 53.6 Å². The fourth-order valence-electron chi connectivity index (χ4n) is 6.37. The summed E-state index contributed by atoms with van der Waals surface area (Å²) in [6.45, 7) is 9.25. The fourth-order valence-corrected chi connectivity index (χ4v) is 6.37. The second-order valence-electron chi connectivity index (χ2n) is 11.0. The molecule has 36 heavy (non-hydrogen) atoms. The van der Waals surface area contributed by atoms with Crippen LogP contribution < -0.4 is 20.9 Å². The molecule has 0 radical (unpaired) electrons. The normalized spacial score (nSPS) is 30.7. The third-order valence-corrected chi connectivity index (χ3v) is 8.30. The molecule has 0 spiro atoms. The Hall–Kier alpha value is -2.48. The van der Waals surface area contributed by atoms with E-state index in [4.69, 9.17) is 4.74 Å². The van der Waals surface area contributed by atoms with Crippen LogP contribution in [0.1, 0.15) is 69.5 Å². The van der Waals surface area contributed by atoms with Gasteiger partial charge in [0.15, 0.2) is 0 Å². The average molecular weight is 492 g/mol. The molecule has 2 aliphatic heterocycles. The number of benzene rings is 1. The molecule has 3 fully saturated rings. The molecular formula is C29H41N5O2. The lowest BCUT2D eigenvalue weighted by Gasteiger charge is -2.40. The summed E-state index contributed by atoms with van der Waals surface area (Å²) in [6.07, 6.45) is 5.90. The number of ether oxygens (including phenoxy) is 1. The number of nitrogens with zero attached hydrogens (tertiary/aromatic N) is 2. The van der Waals surface area contributed by atoms with Crippen molar-refractivity contribution in [3.63, 3.8) is 0 Å². The highest BCUT2D eigenvalue weighted by Gasteiger charge is 2.43. The van der Waals surface area contributed by atoms with Crippen molar-refractivity contribution < 1.29 is 9.53 Å². The minimum Gasteiger partial charge on any atom is -0.475 e. The van der Waals surface area contributed by atoms with Gasteiger partial charge in [0.2, 0.25) is 11.8 Å². The number of rotatable bonds is 7. The number of hydrogen-bond donors (Lipinski definition) is 3. The smallest absolute Gasteiger partial charge is 0.223 e. The molecule has 5 rings (SSSR count). The van der Waals surface area contributed by atoms with Crippen molar-refractivity contribution in [3.8, 4) is 5.88 Å². The number of aromatic nitrogens is 1. The van der Waals surface area contributed by atoms with E-state index in [1.54, 1.807) is 0 Å². The number of likely N-dealkylation sites (tertiary alicyclic amines) is 1. The molecule has 4 unspecified atom stereocenters. The van der Waals surface area contributed by atoms with Crippen molar-refractivity contribution in [1.29, 1.82) is 0 Å². The van der Waals surface area contributed by atoms with Crippen molar-refractivity contribution in [1.82, 2.24) is 26.1 Å². The van der Waals surface area contributed by atoms with E-state index in [0.29, 0.717) is 23.8 Å². The number of likely N-dealkylation sites (N-methyl/N-ethyl adjacent to an activating group) is 1. The molecule has 1 saturated carbocycles. The van der Waals surface area contributed by atoms with E-state index in [-0.39, 0.29) is 30.0 Å². The average Bonchev–Trinajstić information content (AvgIpc) is 3.32. The van der Waals surface area contributed by atoms with Gasteiger partial charge in [0.25, 0.3) is 0 Å². The zero-order valence-corrected chi connectivity index (χ0v) is 21.8. The Kier molecular flexibility index (Phi) is 7.89. The maximum Gasteiger partial charge on any atom is 0.223 e. The zero-order chi connectivity index (χ0) is 25.1. The summed E-state index contributed by atoms with van der Waals surface area (Å²) >= 11 is 0. The number of amides is 1. The number of carbonyl (C=O) groups is 1. The molecule has 3 aliphatic rings. The number of nitrogens with one attached hydrogen (secondary N) is 3. The third-order valence-electron chi connectivity index (χ3n) is 8.30. The lowest BCUT2D eigenvalue weighted by molar-refractivity contribution is -0.127. The van der Waals surface area contributed by atoms with Crippen molar-refractivity contribution in [3.05, 3.63) is 59.8 Å². The van der Waals surface area contributed by atoms with Crippen LogP contribution in [0.5, 0.6) is 5.88 Å². The quantitative estimate of drug-likeness (QED) is 0.547. The highest BCUT2D eigenvalue weighted by Crippen LogP contribution is 2.41. The Labute approximate surface area is 215 Å². The van der Waals surface area contributed by atoms with Crippen molar-refractivity contribution in [2.24, 2.45) is 11.8 Å². The number of piperidine rings is 1. The van der Waals surface area contributed by atoms with Gasteiger partial charge < -0.3 is 15.0 Å². The van der Waals surface area contributed by atoms with Gasteiger partial charge in [0, 0.05) is 42.7 Å². The second kappa shape index (κ2) is 11.3. The Morgan fingerprint density at radius 3 is 2.67 bits per heavy atom. The van der Waals surface area contributed by atoms with Crippen LogP contribution in [0.4, 0.5) is 0 Å². The summed E-state index contributed by atoms with van der Waals surface area (Å²) in [5.41, 5.74) is 9.46. The molecule has 6 atom stereocenters. The van der Waals surface area contributed by atoms with E-state index in [1.807, 2.05) is 26.1 Å². The van der Waals surface area contributed by atoms with E-state index in [2.05, 4.69) is 69.4 Å². The first-order valence-corrected chi connectivity index (χ1v) is 13.7. The summed E-state index contributed by atoms with van der Waals surface area (Å²) < 4.78 is 5.71. The summed E-state index contributed by atoms with van der Waals surface area (Å²) in [5.74, 6) is 1.65. The minimum atomic E-state index is 0.0420.